The molecule has 1 aromatic carbocycles. The molecule has 0 N–H and O–H groups in total. The fraction of sp³-hybridized carbons (Fsp3) is 0.385. The summed E-state index contributed by atoms with van der Waals surface area (Å²) in [5.74, 6) is 1.81. The van der Waals surface area contributed by atoms with Gasteiger partial charge in [-0.3, -0.25) is 4.57 Å². The molecular weight excluding hydrogens is 298 g/mol. The van der Waals surface area contributed by atoms with Crippen molar-refractivity contribution in [1.29, 1.82) is 0 Å². The topological polar surface area (TPSA) is 64.8 Å². The van der Waals surface area contributed by atoms with E-state index in [0.717, 1.165) is 5.69 Å². The third-order valence-corrected chi connectivity index (χ3v) is 5.49. The number of hydrogen-bond donors (Lipinski definition) is 0. The second-order valence-electron chi connectivity index (χ2n) is 4.88. The van der Waals surface area contributed by atoms with Gasteiger partial charge in [0.05, 0.1) is 17.4 Å². The monoisotopic (exact) mass is 311 g/mol. The maximum atomic E-state index is 11.7. The van der Waals surface area contributed by atoms with Crippen molar-refractivity contribution in [3.05, 3.63) is 42.0 Å². The van der Waals surface area contributed by atoms with Gasteiger partial charge in [0.15, 0.2) is 15.7 Å². The lowest BCUT2D eigenvalue weighted by molar-refractivity contribution is 0.600. The molecule has 1 atom stereocenters. The van der Waals surface area contributed by atoms with Crippen LogP contribution in [0.5, 0.6) is 0 Å². The molecule has 1 saturated heterocycles. The van der Waals surface area contributed by atoms with E-state index in [1.807, 2.05) is 34.9 Å². The van der Waals surface area contributed by atoms with Crippen LogP contribution in [0.25, 0.3) is 5.69 Å². The highest BCUT2D eigenvalue weighted by Crippen LogP contribution is 2.30. The first kappa shape index (κ1) is 13.6. The van der Waals surface area contributed by atoms with E-state index in [-0.39, 0.29) is 23.3 Å². The molecule has 1 aromatic heterocycles. The van der Waals surface area contributed by atoms with E-state index in [1.165, 1.54) is 0 Å². The van der Waals surface area contributed by atoms with Crippen LogP contribution in [0.1, 0.15) is 24.0 Å². The molecular formula is C13H14ClN3O2S. The number of hydrogen-bond acceptors (Lipinski definition) is 4. The number of sulfone groups is 1. The molecule has 1 fully saturated rings. The lowest BCUT2D eigenvalue weighted by Crippen LogP contribution is -2.11. The summed E-state index contributed by atoms with van der Waals surface area (Å²) in [6, 6.07) is 9.64. The Morgan fingerprint density at radius 1 is 1.25 bits per heavy atom. The standard InChI is InChI=1S/C13H14ClN3O2S/c14-8-12-15-16-13(10-6-7-20(18,19)9-10)17(12)11-4-2-1-3-5-11/h1-5,10H,6-9H2. The van der Waals surface area contributed by atoms with Crippen molar-refractivity contribution in [2.45, 2.75) is 18.2 Å². The second kappa shape index (κ2) is 5.18. The van der Waals surface area contributed by atoms with Crippen molar-refractivity contribution in [3.8, 4) is 5.69 Å². The molecule has 1 aliphatic heterocycles. The minimum atomic E-state index is -2.95. The summed E-state index contributed by atoms with van der Waals surface area (Å²) >= 11 is 5.92. The van der Waals surface area contributed by atoms with Gasteiger partial charge in [-0.1, -0.05) is 18.2 Å². The number of benzene rings is 1. The molecule has 0 aliphatic carbocycles. The van der Waals surface area contributed by atoms with Crippen molar-refractivity contribution < 1.29 is 8.42 Å². The highest BCUT2D eigenvalue weighted by atomic mass is 35.5. The maximum absolute atomic E-state index is 11.7. The van der Waals surface area contributed by atoms with E-state index in [1.54, 1.807) is 0 Å². The smallest absolute Gasteiger partial charge is 0.152 e. The largest absolute Gasteiger partial charge is 0.282 e. The molecule has 3 rings (SSSR count). The van der Waals surface area contributed by atoms with E-state index >= 15 is 0 Å². The van der Waals surface area contributed by atoms with Crippen LogP contribution in [-0.4, -0.2) is 34.7 Å². The van der Waals surface area contributed by atoms with Gasteiger partial charge in [-0.15, -0.1) is 21.8 Å². The zero-order valence-corrected chi connectivity index (χ0v) is 12.3. The molecule has 7 heteroatoms. The minimum Gasteiger partial charge on any atom is -0.282 e. The quantitative estimate of drug-likeness (QED) is 0.812. The summed E-state index contributed by atoms with van der Waals surface area (Å²) in [4.78, 5) is 0. The third-order valence-electron chi connectivity index (χ3n) is 3.49. The Bertz CT molecular complexity index is 712. The molecule has 1 unspecified atom stereocenters. The Labute approximate surface area is 122 Å². The van der Waals surface area contributed by atoms with Crippen LogP contribution >= 0.6 is 11.6 Å². The van der Waals surface area contributed by atoms with Crippen molar-refractivity contribution in [2.75, 3.05) is 11.5 Å². The highest BCUT2D eigenvalue weighted by molar-refractivity contribution is 7.91. The molecule has 0 amide bonds. The fourth-order valence-corrected chi connectivity index (χ4v) is 4.45. The first-order valence-corrected chi connectivity index (χ1v) is 8.72. The molecule has 0 bridgehead atoms. The van der Waals surface area contributed by atoms with E-state index in [0.29, 0.717) is 18.1 Å². The van der Waals surface area contributed by atoms with Crippen LogP contribution in [-0.2, 0) is 15.7 Å². The average molecular weight is 312 g/mol. The van der Waals surface area contributed by atoms with Crippen LogP contribution in [0.3, 0.4) is 0 Å². The van der Waals surface area contributed by atoms with E-state index in [2.05, 4.69) is 10.2 Å². The van der Waals surface area contributed by atoms with Crippen LogP contribution in [0.4, 0.5) is 0 Å². The average Bonchev–Trinajstić information content (AvgIpc) is 3.02. The minimum absolute atomic E-state index is 0.107. The van der Waals surface area contributed by atoms with Gasteiger partial charge in [-0.2, -0.15) is 0 Å². The number of rotatable bonds is 3. The van der Waals surface area contributed by atoms with Crippen molar-refractivity contribution in [2.24, 2.45) is 0 Å². The van der Waals surface area contributed by atoms with Gasteiger partial charge in [-0.05, 0) is 18.6 Å². The number of halogens is 1. The van der Waals surface area contributed by atoms with Crippen LogP contribution in [0, 0.1) is 0 Å². The molecule has 0 spiro atoms. The Balaban J connectivity index is 2.07. The number of alkyl halides is 1. The molecule has 20 heavy (non-hydrogen) atoms. The molecule has 5 nitrogen and oxygen atoms in total. The van der Waals surface area contributed by atoms with E-state index < -0.39 is 9.84 Å². The van der Waals surface area contributed by atoms with Gasteiger partial charge in [0, 0.05) is 11.6 Å². The third kappa shape index (κ3) is 2.45. The predicted molar refractivity (Wildman–Crippen MR) is 76.9 cm³/mol. The molecule has 0 radical (unpaired) electrons. The second-order valence-corrected chi connectivity index (χ2v) is 7.37. The van der Waals surface area contributed by atoms with Gasteiger partial charge in [0.2, 0.25) is 0 Å². The molecule has 1 aliphatic rings. The van der Waals surface area contributed by atoms with Crippen LogP contribution < -0.4 is 0 Å². The van der Waals surface area contributed by atoms with Crippen LogP contribution in [0.2, 0.25) is 0 Å². The van der Waals surface area contributed by atoms with Crippen molar-refractivity contribution >= 4 is 21.4 Å². The SMILES string of the molecule is O=S1(=O)CCC(c2nnc(CCl)n2-c2ccccc2)C1. The molecule has 2 aromatic rings. The Hall–Kier alpha value is -1.40. The molecule has 106 valence electrons. The Kier molecular flexibility index (Phi) is 3.52. The summed E-state index contributed by atoms with van der Waals surface area (Å²) in [6.45, 7) is 0. The van der Waals surface area contributed by atoms with Gasteiger partial charge in [-0.25, -0.2) is 8.42 Å². The Morgan fingerprint density at radius 2 is 2.00 bits per heavy atom. The number of nitrogens with zero attached hydrogens (tertiary/aromatic N) is 3. The van der Waals surface area contributed by atoms with Crippen molar-refractivity contribution in [1.82, 2.24) is 14.8 Å². The fourth-order valence-electron chi connectivity index (χ4n) is 2.54. The summed E-state index contributed by atoms with van der Waals surface area (Å²) in [5.41, 5.74) is 0.910. The summed E-state index contributed by atoms with van der Waals surface area (Å²) in [6.07, 6.45) is 0.593. The lowest BCUT2D eigenvalue weighted by Gasteiger charge is -2.12. The zero-order chi connectivity index (χ0) is 14.2. The first-order valence-electron chi connectivity index (χ1n) is 6.37. The van der Waals surface area contributed by atoms with Gasteiger partial charge in [0.1, 0.15) is 5.82 Å². The summed E-state index contributed by atoms with van der Waals surface area (Å²) < 4.78 is 25.2. The van der Waals surface area contributed by atoms with Gasteiger partial charge in [0.25, 0.3) is 0 Å². The van der Waals surface area contributed by atoms with E-state index in [9.17, 15) is 8.42 Å². The van der Waals surface area contributed by atoms with Crippen LogP contribution in [0.15, 0.2) is 30.3 Å². The Morgan fingerprint density at radius 3 is 2.60 bits per heavy atom. The van der Waals surface area contributed by atoms with Crippen molar-refractivity contribution in [3.63, 3.8) is 0 Å². The zero-order valence-electron chi connectivity index (χ0n) is 10.7. The number of para-hydroxylation sites is 1. The summed E-state index contributed by atoms with van der Waals surface area (Å²) in [5, 5.41) is 8.26. The lowest BCUT2D eigenvalue weighted by atomic mass is 10.1. The van der Waals surface area contributed by atoms with Gasteiger partial charge >= 0.3 is 0 Å². The number of aromatic nitrogens is 3. The molecule has 0 saturated carbocycles. The highest BCUT2D eigenvalue weighted by Gasteiger charge is 2.33. The molecule has 2 heterocycles. The van der Waals surface area contributed by atoms with E-state index in [4.69, 9.17) is 11.6 Å². The normalized spacial score (nSPS) is 21.1. The predicted octanol–water partition coefficient (Wildman–Crippen LogP) is 1.91. The van der Waals surface area contributed by atoms with Gasteiger partial charge < -0.3 is 0 Å². The summed E-state index contributed by atoms with van der Waals surface area (Å²) in [7, 11) is -2.95. The first-order chi connectivity index (χ1) is 9.61. The maximum Gasteiger partial charge on any atom is 0.152 e.